The van der Waals surface area contributed by atoms with Gasteiger partial charge < -0.3 is 22.2 Å². The van der Waals surface area contributed by atoms with Gasteiger partial charge in [-0.1, -0.05) is 230 Å². The molecule has 0 saturated heterocycles. The molecule has 0 N–H and O–H groups in total. The standard InChI is InChI=1S/C45H26N4O2.C33H18ClN3O2.C13H10/c1-2-11-27(12-3-1)43-46-44(48-45(47-43)35-17-10-16-34-32-15-6-9-20-39(32)51-42(34)35)28-21-23-33-36-26-29(22-24-40(36)50-41(33)25-28)49-37-18-7-4-13-30(37)31-14-5-8-19-38(31)49;34-21-14-16-28-26(18-21)23-15-13-20(17-29(23)38-28)32-35-31(19-7-2-1-3-8-19)36-33(37-32)25-11-6-10-24-22-9-4-5-12-27(22)39-30(24)25;1-3-7-12-10(5-1)9-11-6-2-4-8-13(11)12/h1-26H;1-18H;1-8H,9H2/i1D,2D,3D,11D,12D;1D,2D,3D,7D,8D;. The topological polar surface area (TPSA) is 135 Å². The maximum absolute atomic E-state index is 8.75. The first-order valence-electron chi connectivity index (χ1n) is 38.3. The number of hydrogen-bond acceptors (Lipinski definition) is 10. The predicted octanol–water partition coefficient (Wildman–Crippen LogP) is 24.4. The molecule has 103 heavy (non-hydrogen) atoms. The molecule has 14 aromatic carbocycles. The molecule has 11 nitrogen and oxygen atoms in total. The highest BCUT2D eigenvalue weighted by atomic mass is 35.5. The summed E-state index contributed by atoms with van der Waals surface area (Å²) in [5.41, 5.74) is 16.1. The maximum Gasteiger partial charge on any atom is 0.167 e. The zero-order chi connectivity index (χ0) is 76.8. The second kappa shape index (κ2) is 24.4. The van der Waals surface area contributed by atoms with Crippen LogP contribution in [-0.4, -0.2) is 34.5 Å². The van der Waals surface area contributed by atoms with E-state index in [4.69, 9.17) is 62.9 Å². The van der Waals surface area contributed by atoms with Crippen LogP contribution in [0.25, 0.3) is 195 Å². The van der Waals surface area contributed by atoms with Gasteiger partial charge in [-0.3, -0.25) is 0 Å². The molecule has 1 aliphatic rings. The number of halogens is 1. The molecule has 0 saturated carbocycles. The highest BCUT2D eigenvalue weighted by molar-refractivity contribution is 6.31. The molecule has 484 valence electrons. The Morgan fingerprint density at radius 3 is 1.18 bits per heavy atom. The van der Waals surface area contributed by atoms with Crippen LogP contribution in [0.2, 0.25) is 5.02 Å². The Kier molecular flexibility index (Phi) is 11.8. The molecule has 0 amide bonds. The molecule has 21 aromatic rings. The van der Waals surface area contributed by atoms with Crippen molar-refractivity contribution < 1.29 is 31.4 Å². The minimum absolute atomic E-state index is 0.0596. The van der Waals surface area contributed by atoms with Gasteiger partial charge in [0.2, 0.25) is 0 Å². The van der Waals surface area contributed by atoms with Crippen molar-refractivity contribution in [3.63, 3.8) is 0 Å². The number of rotatable bonds is 7. The monoisotopic (exact) mass is 1350 g/mol. The maximum atomic E-state index is 8.75. The Balaban J connectivity index is 0.000000129. The third-order valence-electron chi connectivity index (χ3n) is 19.0. The summed E-state index contributed by atoms with van der Waals surface area (Å²) in [6.45, 7) is 0. The Morgan fingerprint density at radius 1 is 0.282 bits per heavy atom. The first kappa shape index (κ1) is 49.8. The number of hydrogen-bond donors (Lipinski definition) is 0. The van der Waals surface area contributed by atoms with Crippen LogP contribution in [0.3, 0.4) is 0 Å². The van der Waals surface area contributed by atoms with Crippen LogP contribution in [0, 0.1) is 0 Å². The summed E-state index contributed by atoms with van der Waals surface area (Å²) in [6, 6.07) is 79.2. The molecule has 7 heterocycles. The molecule has 1 aliphatic carbocycles. The molecular weight excluding hydrogens is 1290 g/mol. The molecule has 0 atom stereocenters. The van der Waals surface area contributed by atoms with Crippen molar-refractivity contribution in [3.05, 3.63) is 331 Å². The molecule has 0 bridgehead atoms. The Hall–Kier alpha value is -13.6. The van der Waals surface area contributed by atoms with E-state index in [0.29, 0.717) is 66.4 Å². The SMILES string of the molecule is [2H]c1c([2H])c([2H])c(-c2nc(-c3ccc4c(c3)oc3ccc(-n5c6ccccc6c6ccccc65)cc34)nc(-c3cccc4c3oc3ccccc34)n2)c([2H])c1[2H].[2H]c1c([2H])c([2H])c(-c2nc(-c3ccc4c(c3)oc3ccc(Cl)cc34)nc(-c3cccc4c3oc3ccccc34)n2)c([2H])c1[2H].c1ccc2c(c1)Cc1ccccc1-2. The summed E-state index contributed by atoms with van der Waals surface area (Å²) in [5.74, 6) is 0.783. The van der Waals surface area contributed by atoms with Gasteiger partial charge in [0.05, 0.1) is 35.9 Å². The van der Waals surface area contributed by atoms with Crippen molar-refractivity contribution in [1.29, 1.82) is 0 Å². The van der Waals surface area contributed by atoms with Crippen molar-refractivity contribution >= 4 is 121 Å². The van der Waals surface area contributed by atoms with Crippen molar-refractivity contribution in [3.8, 4) is 85.1 Å². The largest absolute Gasteiger partial charge is 0.456 e. The molecule has 0 spiro atoms. The van der Waals surface area contributed by atoms with Crippen molar-refractivity contribution in [2.24, 2.45) is 0 Å². The lowest BCUT2D eigenvalue weighted by Gasteiger charge is -2.09. The van der Waals surface area contributed by atoms with E-state index in [1.807, 2.05) is 133 Å². The second-order valence-electron chi connectivity index (χ2n) is 25.0. The fraction of sp³-hybridized carbons (Fsp3) is 0.0110. The van der Waals surface area contributed by atoms with Crippen LogP contribution in [0.4, 0.5) is 0 Å². The Bertz CT molecular complexity index is 7470. The van der Waals surface area contributed by atoms with E-state index in [9.17, 15) is 0 Å². The summed E-state index contributed by atoms with van der Waals surface area (Å²) in [6.07, 6.45) is 1.10. The Labute approximate surface area is 606 Å². The first-order chi connectivity index (χ1) is 55.1. The number of para-hydroxylation sites is 6. The number of nitrogens with zero attached hydrogens (tertiary/aromatic N) is 7. The van der Waals surface area contributed by atoms with E-state index < -0.39 is 60.4 Å². The molecule has 0 fully saturated rings. The number of fused-ring (bicyclic) bond motifs is 18. The van der Waals surface area contributed by atoms with Crippen LogP contribution < -0.4 is 0 Å². The van der Waals surface area contributed by atoms with Gasteiger partial charge in [-0.25, -0.2) is 29.9 Å². The zero-order valence-electron chi connectivity index (χ0n) is 64.1. The quantitative estimate of drug-likeness (QED) is 0.152. The van der Waals surface area contributed by atoms with Gasteiger partial charge in [0.15, 0.2) is 34.9 Å². The lowest BCUT2D eigenvalue weighted by Crippen LogP contribution is -2.00. The van der Waals surface area contributed by atoms with Crippen LogP contribution in [0.5, 0.6) is 0 Å². The van der Waals surface area contributed by atoms with E-state index in [0.717, 1.165) is 71.8 Å². The fourth-order valence-electron chi connectivity index (χ4n) is 14.3. The minimum Gasteiger partial charge on any atom is -0.456 e. The lowest BCUT2D eigenvalue weighted by molar-refractivity contribution is 0.668. The highest BCUT2D eigenvalue weighted by Gasteiger charge is 2.23. The average Bonchev–Trinajstić information content (AvgIpc) is 1.74. The van der Waals surface area contributed by atoms with Crippen LogP contribution in [0.1, 0.15) is 24.8 Å². The first-order valence-corrected chi connectivity index (χ1v) is 33.7. The number of benzene rings is 14. The van der Waals surface area contributed by atoms with Crippen molar-refractivity contribution in [2.45, 2.75) is 6.42 Å². The summed E-state index contributed by atoms with van der Waals surface area (Å²) in [7, 11) is 0. The molecule has 0 unspecified atom stereocenters. The molecule has 12 heteroatoms. The minimum atomic E-state index is -0.499. The van der Waals surface area contributed by atoms with Crippen molar-refractivity contribution in [1.82, 2.24) is 34.5 Å². The third-order valence-corrected chi connectivity index (χ3v) is 19.2. The Morgan fingerprint density at radius 2 is 0.670 bits per heavy atom. The third kappa shape index (κ3) is 10.4. The van der Waals surface area contributed by atoms with E-state index in [-0.39, 0.29) is 46.1 Å². The molecular formula is C91H54ClN7O4. The molecule has 22 rings (SSSR count). The van der Waals surface area contributed by atoms with E-state index in [1.165, 1.54) is 33.0 Å². The summed E-state index contributed by atoms with van der Waals surface area (Å²) in [5, 5.41) is 10.1. The predicted molar refractivity (Wildman–Crippen MR) is 415 cm³/mol. The van der Waals surface area contributed by atoms with E-state index in [1.54, 1.807) is 12.1 Å². The van der Waals surface area contributed by atoms with E-state index in [2.05, 4.69) is 124 Å². The van der Waals surface area contributed by atoms with Gasteiger partial charge >= 0.3 is 0 Å². The average molecular weight is 1350 g/mol. The van der Waals surface area contributed by atoms with Gasteiger partial charge in [-0.2, -0.15) is 0 Å². The fourth-order valence-corrected chi connectivity index (χ4v) is 14.4. The summed E-state index contributed by atoms with van der Waals surface area (Å²) >= 11 is 6.23. The molecule has 0 aliphatic heterocycles. The van der Waals surface area contributed by atoms with Gasteiger partial charge in [0, 0.05) is 86.8 Å². The zero-order valence-corrected chi connectivity index (χ0v) is 54.9. The van der Waals surface area contributed by atoms with Crippen LogP contribution in [0.15, 0.2) is 333 Å². The number of furan rings is 4. The van der Waals surface area contributed by atoms with Gasteiger partial charge in [0.1, 0.15) is 44.7 Å². The van der Waals surface area contributed by atoms with Gasteiger partial charge in [-0.05, 0) is 126 Å². The van der Waals surface area contributed by atoms with Crippen LogP contribution >= 0.6 is 11.6 Å². The van der Waals surface area contributed by atoms with Crippen molar-refractivity contribution in [2.75, 3.05) is 0 Å². The normalized spacial score (nSPS) is 13.3. The lowest BCUT2D eigenvalue weighted by atomic mass is 10.1. The smallest absolute Gasteiger partial charge is 0.167 e. The van der Waals surface area contributed by atoms with E-state index >= 15 is 0 Å². The number of aromatic nitrogens is 7. The van der Waals surface area contributed by atoms with Gasteiger partial charge in [0.25, 0.3) is 0 Å². The van der Waals surface area contributed by atoms with Crippen LogP contribution in [-0.2, 0) is 6.42 Å². The highest BCUT2D eigenvalue weighted by Crippen LogP contribution is 2.42. The molecule has 0 radical (unpaired) electrons. The summed E-state index contributed by atoms with van der Waals surface area (Å²) in [4.78, 5) is 28.6. The van der Waals surface area contributed by atoms with Gasteiger partial charge in [-0.15, -0.1) is 0 Å². The second-order valence-corrected chi connectivity index (χ2v) is 25.4. The molecule has 7 aromatic heterocycles. The summed E-state index contributed by atoms with van der Waals surface area (Å²) < 4.78 is 111.